The number of methoxy groups -OCH3 is 1. The Kier molecular flexibility index (Phi) is 5.47. The number of aromatic nitrogens is 3. The number of amides is 1. The number of nitrogens with one attached hydrogen (secondary N) is 2. The molecule has 3 rings (SSSR count). The normalized spacial score (nSPS) is 10.6. The topological polar surface area (TPSA) is 79.9 Å². The van der Waals surface area contributed by atoms with E-state index >= 15 is 0 Å². The van der Waals surface area contributed by atoms with E-state index in [9.17, 15) is 13.6 Å². The minimum atomic E-state index is -0.703. The summed E-state index contributed by atoms with van der Waals surface area (Å²) in [5, 5.41) is 10.7. The molecule has 0 aliphatic carbocycles. The van der Waals surface area contributed by atoms with Crippen molar-refractivity contribution in [2.45, 2.75) is 5.16 Å². The SMILES string of the molecule is COc1ccc(-c2nnc(SCC(=O)Nc3cc(F)ccc3F)[nH]2)cc1. The third-order valence-electron chi connectivity index (χ3n) is 3.37. The number of halogens is 2. The van der Waals surface area contributed by atoms with Crippen molar-refractivity contribution in [2.24, 2.45) is 0 Å². The third kappa shape index (κ3) is 4.37. The largest absolute Gasteiger partial charge is 0.497 e. The Labute approximate surface area is 152 Å². The lowest BCUT2D eigenvalue weighted by Crippen LogP contribution is -2.15. The van der Waals surface area contributed by atoms with Crippen LogP contribution >= 0.6 is 11.8 Å². The van der Waals surface area contributed by atoms with Crippen LogP contribution in [0.15, 0.2) is 47.6 Å². The first kappa shape index (κ1) is 17.9. The number of aromatic amines is 1. The number of carbonyl (C=O) groups is 1. The molecule has 0 bridgehead atoms. The van der Waals surface area contributed by atoms with E-state index in [1.807, 2.05) is 12.1 Å². The van der Waals surface area contributed by atoms with Crippen LogP contribution < -0.4 is 10.1 Å². The fraction of sp³-hybridized carbons (Fsp3) is 0.118. The molecule has 9 heteroatoms. The Morgan fingerprint density at radius 3 is 2.69 bits per heavy atom. The molecule has 134 valence electrons. The van der Waals surface area contributed by atoms with Gasteiger partial charge in [-0.25, -0.2) is 8.78 Å². The summed E-state index contributed by atoms with van der Waals surface area (Å²) in [5.41, 5.74) is 0.614. The molecule has 3 aromatic rings. The number of benzene rings is 2. The molecule has 0 radical (unpaired) electrons. The van der Waals surface area contributed by atoms with Crippen LogP contribution in [0.5, 0.6) is 5.75 Å². The van der Waals surface area contributed by atoms with E-state index in [4.69, 9.17) is 4.74 Å². The highest BCUT2D eigenvalue weighted by atomic mass is 32.2. The van der Waals surface area contributed by atoms with Crippen LogP contribution in [0, 0.1) is 11.6 Å². The summed E-state index contributed by atoms with van der Waals surface area (Å²) in [7, 11) is 1.58. The lowest BCUT2D eigenvalue weighted by Gasteiger charge is -2.05. The maximum Gasteiger partial charge on any atom is 0.234 e. The van der Waals surface area contributed by atoms with Crippen LogP contribution in [-0.4, -0.2) is 34.0 Å². The fourth-order valence-electron chi connectivity index (χ4n) is 2.10. The van der Waals surface area contributed by atoms with Crippen molar-refractivity contribution in [3.63, 3.8) is 0 Å². The van der Waals surface area contributed by atoms with Gasteiger partial charge in [0.15, 0.2) is 11.0 Å². The van der Waals surface area contributed by atoms with Gasteiger partial charge in [0.1, 0.15) is 17.4 Å². The molecule has 1 heterocycles. The van der Waals surface area contributed by atoms with E-state index in [2.05, 4.69) is 20.5 Å². The summed E-state index contributed by atoms with van der Waals surface area (Å²) in [5.74, 6) is -0.578. The van der Waals surface area contributed by atoms with Crippen molar-refractivity contribution in [1.82, 2.24) is 15.2 Å². The van der Waals surface area contributed by atoms with Gasteiger partial charge in [-0.1, -0.05) is 11.8 Å². The van der Waals surface area contributed by atoms with Gasteiger partial charge in [0, 0.05) is 11.6 Å². The molecule has 1 amide bonds. The number of hydrogen-bond acceptors (Lipinski definition) is 5. The van der Waals surface area contributed by atoms with E-state index < -0.39 is 17.5 Å². The van der Waals surface area contributed by atoms with Gasteiger partial charge in [0.25, 0.3) is 0 Å². The van der Waals surface area contributed by atoms with E-state index in [0.717, 1.165) is 41.3 Å². The van der Waals surface area contributed by atoms with Crippen LogP contribution in [0.1, 0.15) is 0 Å². The van der Waals surface area contributed by atoms with Gasteiger partial charge in [-0.2, -0.15) is 0 Å². The van der Waals surface area contributed by atoms with Gasteiger partial charge in [-0.05, 0) is 36.4 Å². The monoisotopic (exact) mass is 376 g/mol. The fourth-order valence-corrected chi connectivity index (χ4v) is 2.71. The number of thioether (sulfide) groups is 1. The third-order valence-corrected chi connectivity index (χ3v) is 4.24. The minimum absolute atomic E-state index is 0.0345. The molecule has 0 aliphatic rings. The number of nitrogens with zero attached hydrogens (tertiary/aromatic N) is 2. The number of H-pyrrole nitrogens is 1. The summed E-state index contributed by atoms with van der Waals surface area (Å²) in [4.78, 5) is 14.9. The van der Waals surface area contributed by atoms with Crippen LogP contribution in [0.25, 0.3) is 11.4 Å². The molecule has 1 aromatic heterocycles. The van der Waals surface area contributed by atoms with Crippen molar-refractivity contribution in [1.29, 1.82) is 0 Å². The van der Waals surface area contributed by atoms with E-state index in [0.29, 0.717) is 11.0 Å². The van der Waals surface area contributed by atoms with E-state index in [-0.39, 0.29) is 11.4 Å². The van der Waals surface area contributed by atoms with E-state index in [1.165, 1.54) is 0 Å². The van der Waals surface area contributed by atoms with Crippen LogP contribution in [-0.2, 0) is 4.79 Å². The highest BCUT2D eigenvalue weighted by Crippen LogP contribution is 2.22. The number of carbonyl (C=O) groups excluding carboxylic acids is 1. The van der Waals surface area contributed by atoms with Crippen molar-refractivity contribution in [3.05, 3.63) is 54.1 Å². The molecule has 2 aromatic carbocycles. The van der Waals surface area contributed by atoms with Crippen LogP contribution in [0.4, 0.5) is 14.5 Å². The molecule has 0 spiro atoms. The Hall–Kier alpha value is -2.94. The Balaban J connectivity index is 1.58. The highest BCUT2D eigenvalue weighted by molar-refractivity contribution is 7.99. The standard InChI is InChI=1S/C17H14F2N4O2S/c1-25-12-5-2-10(3-6-12)16-21-17(23-22-16)26-9-15(24)20-14-8-11(18)4-7-13(14)19/h2-8H,9H2,1H3,(H,20,24)(H,21,22,23). The van der Waals surface area contributed by atoms with Crippen molar-refractivity contribution in [3.8, 4) is 17.1 Å². The summed E-state index contributed by atoms with van der Waals surface area (Å²) in [6.07, 6.45) is 0. The van der Waals surface area contributed by atoms with Gasteiger partial charge in [0.05, 0.1) is 18.6 Å². The molecular weight excluding hydrogens is 362 g/mol. The number of hydrogen-bond donors (Lipinski definition) is 2. The molecule has 0 unspecified atom stereocenters. The van der Waals surface area contributed by atoms with Gasteiger partial charge in [-0.15, -0.1) is 10.2 Å². The molecule has 0 aliphatic heterocycles. The summed E-state index contributed by atoms with van der Waals surface area (Å²) in [6, 6.07) is 10.1. The zero-order valence-corrected chi connectivity index (χ0v) is 14.4. The Morgan fingerprint density at radius 1 is 1.19 bits per heavy atom. The molecule has 0 atom stereocenters. The smallest absolute Gasteiger partial charge is 0.234 e. The maximum absolute atomic E-state index is 13.5. The van der Waals surface area contributed by atoms with Gasteiger partial charge in [-0.3, -0.25) is 4.79 Å². The lowest BCUT2D eigenvalue weighted by molar-refractivity contribution is -0.113. The molecule has 0 fully saturated rings. The van der Waals surface area contributed by atoms with E-state index in [1.54, 1.807) is 19.2 Å². The molecular formula is C17H14F2N4O2S. The lowest BCUT2D eigenvalue weighted by atomic mass is 10.2. The zero-order valence-electron chi connectivity index (χ0n) is 13.6. The van der Waals surface area contributed by atoms with Gasteiger partial charge in [0.2, 0.25) is 5.91 Å². The molecule has 2 N–H and O–H groups in total. The van der Waals surface area contributed by atoms with Gasteiger partial charge < -0.3 is 15.0 Å². The first-order valence-corrected chi connectivity index (χ1v) is 8.48. The minimum Gasteiger partial charge on any atom is -0.497 e. The quantitative estimate of drug-likeness (QED) is 0.644. The number of anilines is 1. The number of ether oxygens (including phenoxy) is 1. The number of rotatable bonds is 6. The second kappa shape index (κ2) is 7.96. The average molecular weight is 376 g/mol. The zero-order chi connectivity index (χ0) is 18.5. The summed E-state index contributed by atoms with van der Waals surface area (Å²) < 4.78 is 31.7. The second-order valence-corrected chi connectivity index (χ2v) is 6.13. The molecule has 0 saturated carbocycles. The summed E-state index contributed by atoms with van der Waals surface area (Å²) in [6.45, 7) is 0. The predicted octanol–water partition coefficient (Wildman–Crippen LogP) is 3.49. The van der Waals surface area contributed by atoms with Crippen molar-refractivity contribution < 1.29 is 18.3 Å². The summed E-state index contributed by atoms with van der Waals surface area (Å²) >= 11 is 1.10. The highest BCUT2D eigenvalue weighted by Gasteiger charge is 2.11. The second-order valence-electron chi connectivity index (χ2n) is 5.17. The molecule has 26 heavy (non-hydrogen) atoms. The molecule has 6 nitrogen and oxygen atoms in total. The van der Waals surface area contributed by atoms with Crippen LogP contribution in [0.3, 0.4) is 0 Å². The predicted molar refractivity (Wildman–Crippen MR) is 94.1 cm³/mol. The Morgan fingerprint density at radius 2 is 1.96 bits per heavy atom. The van der Waals surface area contributed by atoms with Crippen LogP contribution in [0.2, 0.25) is 0 Å². The van der Waals surface area contributed by atoms with Crippen molar-refractivity contribution in [2.75, 3.05) is 18.2 Å². The first-order valence-electron chi connectivity index (χ1n) is 7.50. The van der Waals surface area contributed by atoms with Crippen molar-refractivity contribution >= 4 is 23.4 Å². The molecule has 0 saturated heterocycles. The van der Waals surface area contributed by atoms with Gasteiger partial charge >= 0.3 is 0 Å². The Bertz CT molecular complexity index is 915. The maximum atomic E-state index is 13.5. The first-order chi connectivity index (χ1) is 12.5. The average Bonchev–Trinajstić information content (AvgIpc) is 3.12.